The van der Waals surface area contributed by atoms with Gasteiger partial charge in [0.15, 0.2) is 5.13 Å². The van der Waals surface area contributed by atoms with Crippen LogP contribution in [0.1, 0.15) is 19.3 Å². The summed E-state index contributed by atoms with van der Waals surface area (Å²) >= 11 is 2.50. The van der Waals surface area contributed by atoms with Gasteiger partial charge in [0.2, 0.25) is 5.91 Å². The summed E-state index contributed by atoms with van der Waals surface area (Å²) in [5.41, 5.74) is 1.76. The molecule has 2 aromatic heterocycles. The van der Waals surface area contributed by atoms with Crippen molar-refractivity contribution in [3.63, 3.8) is 0 Å². The molecule has 1 N–H and O–H groups in total. The number of amides is 1. The van der Waals surface area contributed by atoms with Crippen molar-refractivity contribution in [1.29, 1.82) is 0 Å². The maximum atomic E-state index is 12.9. The van der Waals surface area contributed by atoms with Gasteiger partial charge < -0.3 is 5.32 Å². The van der Waals surface area contributed by atoms with Crippen molar-refractivity contribution in [1.82, 2.24) is 9.29 Å². The van der Waals surface area contributed by atoms with Crippen LogP contribution in [-0.4, -0.2) is 36.2 Å². The second-order valence-electron chi connectivity index (χ2n) is 6.45. The molecule has 28 heavy (non-hydrogen) atoms. The molecule has 1 aliphatic heterocycles. The van der Waals surface area contributed by atoms with Crippen LogP contribution < -0.4 is 5.32 Å². The largest absolute Gasteiger partial charge is 0.301 e. The molecule has 1 amide bonds. The van der Waals surface area contributed by atoms with Gasteiger partial charge in [0.25, 0.3) is 10.0 Å². The van der Waals surface area contributed by atoms with E-state index in [0.29, 0.717) is 18.1 Å². The van der Waals surface area contributed by atoms with Gasteiger partial charge in [0, 0.05) is 17.5 Å². The zero-order valence-corrected chi connectivity index (χ0v) is 17.4. The summed E-state index contributed by atoms with van der Waals surface area (Å²) in [6.45, 7) is 0.353. The van der Waals surface area contributed by atoms with E-state index in [1.165, 1.54) is 27.0 Å². The minimum absolute atomic E-state index is 0.271. The Hall–Kier alpha value is -2.07. The van der Waals surface area contributed by atoms with Gasteiger partial charge in [0.1, 0.15) is 10.3 Å². The third-order valence-electron chi connectivity index (χ3n) is 4.62. The normalized spacial score (nSPS) is 18.1. The lowest BCUT2D eigenvalue weighted by Gasteiger charge is -2.32. The lowest BCUT2D eigenvalue weighted by molar-refractivity contribution is -0.120. The lowest BCUT2D eigenvalue weighted by Crippen LogP contribution is -2.49. The van der Waals surface area contributed by atoms with Crippen LogP contribution in [0.4, 0.5) is 5.13 Å². The Bertz CT molecular complexity index is 1050. The number of carbonyl (C=O) groups excluding carboxylic acids is 1. The molecule has 3 heterocycles. The molecule has 4 rings (SSSR count). The van der Waals surface area contributed by atoms with Crippen LogP contribution in [-0.2, 0) is 14.8 Å². The number of rotatable bonds is 5. The molecule has 3 aromatic rings. The van der Waals surface area contributed by atoms with E-state index < -0.39 is 16.1 Å². The number of nitrogens with one attached hydrogen (secondary N) is 1. The molecule has 1 atom stereocenters. The van der Waals surface area contributed by atoms with Crippen molar-refractivity contribution >= 4 is 43.7 Å². The van der Waals surface area contributed by atoms with E-state index in [2.05, 4.69) is 10.3 Å². The van der Waals surface area contributed by atoms with E-state index in [1.54, 1.807) is 17.5 Å². The fourth-order valence-corrected chi connectivity index (χ4v) is 6.74. The highest BCUT2D eigenvalue weighted by Gasteiger charge is 2.38. The third kappa shape index (κ3) is 3.88. The van der Waals surface area contributed by atoms with Crippen LogP contribution in [0.3, 0.4) is 0 Å². The fourth-order valence-electron chi connectivity index (χ4n) is 3.24. The first-order valence-corrected chi connectivity index (χ1v) is 12.1. The second-order valence-corrected chi connectivity index (χ2v) is 10.4. The SMILES string of the molecule is O=C(Nc1nc(-c2ccccc2)cs1)C1CCCCN1S(=O)(=O)c1cccs1. The van der Waals surface area contributed by atoms with Crippen LogP contribution in [0.15, 0.2) is 57.4 Å². The molecule has 0 aliphatic carbocycles. The molecule has 9 heteroatoms. The van der Waals surface area contributed by atoms with Crippen LogP contribution in [0.25, 0.3) is 11.3 Å². The Morgan fingerprint density at radius 1 is 1.11 bits per heavy atom. The van der Waals surface area contributed by atoms with Crippen molar-refractivity contribution in [3.8, 4) is 11.3 Å². The molecule has 1 aromatic carbocycles. The van der Waals surface area contributed by atoms with Crippen molar-refractivity contribution in [2.75, 3.05) is 11.9 Å². The Labute approximate surface area is 171 Å². The Morgan fingerprint density at radius 2 is 1.93 bits per heavy atom. The fraction of sp³-hybridized carbons (Fsp3) is 0.263. The van der Waals surface area contributed by atoms with Crippen LogP contribution in [0.5, 0.6) is 0 Å². The minimum Gasteiger partial charge on any atom is -0.301 e. The number of thiophene rings is 1. The molecule has 0 spiro atoms. The summed E-state index contributed by atoms with van der Waals surface area (Å²) in [6.07, 6.45) is 2.08. The molecular weight excluding hydrogens is 414 g/mol. The van der Waals surface area contributed by atoms with Crippen molar-refractivity contribution in [2.45, 2.75) is 29.5 Å². The number of benzene rings is 1. The topological polar surface area (TPSA) is 79.4 Å². The molecule has 1 saturated heterocycles. The maximum absolute atomic E-state index is 12.9. The first-order valence-electron chi connectivity index (χ1n) is 8.93. The third-order valence-corrected chi connectivity index (χ3v) is 8.66. The number of nitrogens with zero attached hydrogens (tertiary/aromatic N) is 2. The van der Waals surface area contributed by atoms with Crippen molar-refractivity contribution in [3.05, 3.63) is 53.2 Å². The second kappa shape index (κ2) is 8.12. The molecule has 0 radical (unpaired) electrons. The predicted molar refractivity (Wildman–Crippen MR) is 112 cm³/mol. The van der Waals surface area contributed by atoms with Gasteiger partial charge in [-0.25, -0.2) is 13.4 Å². The highest BCUT2D eigenvalue weighted by Crippen LogP contribution is 2.29. The minimum atomic E-state index is -3.67. The molecule has 6 nitrogen and oxygen atoms in total. The number of aromatic nitrogens is 1. The van der Waals surface area contributed by atoms with E-state index in [9.17, 15) is 13.2 Å². The Kier molecular flexibility index (Phi) is 5.58. The highest BCUT2D eigenvalue weighted by atomic mass is 32.2. The average molecular weight is 434 g/mol. The Balaban J connectivity index is 1.53. The van der Waals surface area contributed by atoms with Gasteiger partial charge in [0.05, 0.1) is 5.69 Å². The van der Waals surface area contributed by atoms with E-state index in [4.69, 9.17) is 0 Å². The van der Waals surface area contributed by atoms with Gasteiger partial charge in [-0.3, -0.25) is 4.79 Å². The quantitative estimate of drug-likeness (QED) is 0.658. The summed E-state index contributed by atoms with van der Waals surface area (Å²) in [7, 11) is -3.67. The maximum Gasteiger partial charge on any atom is 0.253 e. The number of piperidine rings is 1. The van der Waals surface area contributed by atoms with Crippen LogP contribution in [0.2, 0.25) is 0 Å². The van der Waals surface area contributed by atoms with E-state index in [0.717, 1.165) is 24.1 Å². The monoisotopic (exact) mass is 433 g/mol. The van der Waals surface area contributed by atoms with Gasteiger partial charge >= 0.3 is 0 Å². The van der Waals surface area contributed by atoms with Gasteiger partial charge in [-0.15, -0.1) is 22.7 Å². The molecule has 0 bridgehead atoms. The van der Waals surface area contributed by atoms with Gasteiger partial charge in [-0.1, -0.05) is 42.8 Å². The summed E-state index contributed by atoms with van der Waals surface area (Å²) in [5.74, 6) is -0.325. The zero-order chi connectivity index (χ0) is 19.6. The molecule has 1 unspecified atom stereocenters. The smallest absolute Gasteiger partial charge is 0.253 e. The van der Waals surface area contributed by atoms with Crippen LogP contribution >= 0.6 is 22.7 Å². The predicted octanol–water partition coefficient (Wildman–Crippen LogP) is 4.05. The molecular formula is C19H19N3O3S3. The summed E-state index contributed by atoms with van der Waals surface area (Å²) in [6, 6.07) is 12.3. The molecule has 0 saturated carbocycles. The average Bonchev–Trinajstić information content (AvgIpc) is 3.41. The van der Waals surface area contributed by atoms with E-state index in [1.807, 2.05) is 35.7 Å². The van der Waals surface area contributed by atoms with E-state index >= 15 is 0 Å². The summed E-state index contributed by atoms with van der Waals surface area (Å²) < 4.78 is 27.5. The zero-order valence-electron chi connectivity index (χ0n) is 14.9. The standard InChI is InChI=1S/C19H19N3O3S3/c23-18(21-19-20-15(13-27-19)14-7-2-1-3-8-14)16-9-4-5-11-22(16)28(24,25)17-10-6-12-26-17/h1-3,6-8,10,12-13,16H,4-5,9,11H2,(H,20,21,23). The number of hydrogen-bond donors (Lipinski definition) is 1. The molecule has 1 fully saturated rings. The van der Waals surface area contributed by atoms with Crippen LogP contribution in [0, 0.1) is 0 Å². The first kappa shape index (κ1) is 19.3. The lowest BCUT2D eigenvalue weighted by atomic mass is 10.0. The number of hydrogen-bond acceptors (Lipinski definition) is 6. The molecule has 146 valence electrons. The number of anilines is 1. The number of thiazole rings is 1. The van der Waals surface area contributed by atoms with Gasteiger partial charge in [-0.2, -0.15) is 4.31 Å². The van der Waals surface area contributed by atoms with Gasteiger partial charge in [-0.05, 0) is 24.3 Å². The first-order chi connectivity index (χ1) is 13.6. The molecule has 1 aliphatic rings. The Morgan fingerprint density at radius 3 is 2.68 bits per heavy atom. The van der Waals surface area contributed by atoms with Crippen molar-refractivity contribution in [2.24, 2.45) is 0 Å². The van der Waals surface area contributed by atoms with Crippen molar-refractivity contribution < 1.29 is 13.2 Å². The summed E-state index contributed by atoms with van der Waals surface area (Å²) in [5, 5.41) is 6.90. The highest BCUT2D eigenvalue weighted by molar-refractivity contribution is 7.91. The summed E-state index contributed by atoms with van der Waals surface area (Å²) in [4.78, 5) is 17.4. The number of carbonyl (C=O) groups is 1. The number of sulfonamides is 1. The van der Waals surface area contributed by atoms with E-state index in [-0.39, 0.29) is 10.1 Å².